The van der Waals surface area contributed by atoms with Crippen LogP contribution >= 0.6 is 0 Å². The molecule has 2 unspecified atom stereocenters. The smallest absolute Gasteiger partial charge is 0.387 e. The van der Waals surface area contributed by atoms with Crippen molar-refractivity contribution in [2.45, 2.75) is 38.5 Å². The van der Waals surface area contributed by atoms with Crippen LogP contribution in [0.5, 0.6) is 5.75 Å². The van der Waals surface area contributed by atoms with Crippen LogP contribution in [-0.4, -0.2) is 30.6 Å². The second-order valence-electron chi connectivity index (χ2n) is 5.02. The van der Waals surface area contributed by atoms with Gasteiger partial charge < -0.3 is 10.5 Å². The minimum Gasteiger partial charge on any atom is -0.435 e. The molecule has 0 saturated carbocycles. The van der Waals surface area contributed by atoms with Gasteiger partial charge in [0.1, 0.15) is 5.75 Å². The number of nitrogens with two attached hydrogens (primary N) is 1. The van der Waals surface area contributed by atoms with Gasteiger partial charge in [0, 0.05) is 18.6 Å². The molecule has 0 aliphatic carbocycles. The van der Waals surface area contributed by atoms with E-state index in [1.54, 1.807) is 12.1 Å². The van der Waals surface area contributed by atoms with Crippen LogP contribution in [0.4, 0.5) is 8.78 Å². The SMILES string of the molecule is CC(c1ccc(OC(F)F)cc1)N1CCCC(N)C1. The Labute approximate surface area is 112 Å². The van der Waals surface area contributed by atoms with Gasteiger partial charge in [0.2, 0.25) is 0 Å². The molecule has 0 radical (unpaired) electrons. The number of benzene rings is 1. The summed E-state index contributed by atoms with van der Waals surface area (Å²) < 4.78 is 28.5. The van der Waals surface area contributed by atoms with E-state index in [-0.39, 0.29) is 17.8 Å². The first kappa shape index (κ1) is 14.2. The van der Waals surface area contributed by atoms with Gasteiger partial charge in [-0.3, -0.25) is 4.90 Å². The zero-order valence-electron chi connectivity index (χ0n) is 11.1. The van der Waals surface area contributed by atoms with Crippen LogP contribution < -0.4 is 10.5 Å². The Morgan fingerprint density at radius 2 is 2.00 bits per heavy atom. The van der Waals surface area contributed by atoms with E-state index < -0.39 is 6.61 Å². The summed E-state index contributed by atoms with van der Waals surface area (Å²) in [6.07, 6.45) is 2.18. The monoisotopic (exact) mass is 270 g/mol. The van der Waals surface area contributed by atoms with Crippen LogP contribution in [0.2, 0.25) is 0 Å². The predicted molar refractivity (Wildman–Crippen MR) is 70.3 cm³/mol. The summed E-state index contributed by atoms with van der Waals surface area (Å²) in [4.78, 5) is 2.33. The quantitative estimate of drug-likeness (QED) is 0.914. The van der Waals surface area contributed by atoms with E-state index in [0.29, 0.717) is 0 Å². The fraction of sp³-hybridized carbons (Fsp3) is 0.571. The highest BCUT2D eigenvalue weighted by Gasteiger charge is 2.22. The molecule has 0 bridgehead atoms. The number of alkyl halides is 2. The lowest BCUT2D eigenvalue weighted by atomic mass is 10.0. The Morgan fingerprint density at radius 3 is 2.58 bits per heavy atom. The minimum atomic E-state index is -2.77. The number of rotatable bonds is 4. The van der Waals surface area contributed by atoms with E-state index in [1.165, 1.54) is 0 Å². The molecule has 5 heteroatoms. The summed E-state index contributed by atoms with van der Waals surface area (Å²) in [7, 11) is 0. The second kappa shape index (κ2) is 6.30. The lowest BCUT2D eigenvalue weighted by Crippen LogP contribution is -2.43. The molecule has 0 aromatic heterocycles. The molecular formula is C14H20F2N2O. The maximum atomic E-state index is 12.1. The van der Waals surface area contributed by atoms with Gasteiger partial charge in [0.25, 0.3) is 0 Å². The summed E-state index contributed by atoms with van der Waals surface area (Å²) in [6, 6.07) is 7.32. The third kappa shape index (κ3) is 3.88. The van der Waals surface area contributed by atoms with Gasteiger partial charge in [0.05, 0.1) is 0 Å². The number of likely N-dealkylation sites (tertiary alicyclic amines) is 1. The molecule has 1 fully saturated rings. The van der Waals surface area contributed by atoms with Gasteiger partial charge in [-0.2, -0.15) is 8.78 Å². The van der Waals surface area contributed by atoms with Gasteiger partial charge >= 0.3 is 6.61 Å². The molecule has 106 valence electrons. The lowest BCUT2D eigenvalue weighted by molar-refractivity contribution is -0.0498. The van der Waals surface area contributed by atoms with Gasteiger partial charge in [-0.25, -0.2) is 0 Å². The third-order valence-electron chi connectivity index (χ3n) is 3.62. The first-order valence-electron chi connectivity index (χ1n) is 6.60. The van der Waals surface area contributed by atoms with E-state index in [0.717, 1.165) is 31.5 Å². The van der Waals surface area contributed by atoms with Gasteiger partial charge in [-0.15, -0.1) is 0 Å². The Balaban J connectivity index is 2.00. The van der Waals surface area contributed by atoms with E-state index in [9.17, 15) is 8.78 Å². The normalized spacial score (nSPS) is 22.5. The van der Waals surface area contributed by atoms with Crippen molar-refractivity contribution in [2.24, 2.45) is 5.73 Å². The van der Waals surface area contributed by atoms with Crippen molar-refractivity contribution >= 4 is 0 Å². The molecule has 1 aliphatic heterocycles. The molecule has 1 aromatic carbocycles. The summed E-state index contributed by atoms with van der Waals surface area (Å²) in [5.41, 5.74) is 7.07. The van der Waals surface area contributed by atoms with Crippen molar-refractivity contribution in [1.82, 2.24) is 4.90 Å². The van der Waals surface area contributed by atoms with Crippen LogP contribution in [0.25, 0.3) is 0 Å². The van der Waals surface area contributed by atoms with Crippen LogP contribution in [0, 0.1) is 0 Å². The number of hydrogen-bond acceptors (Lipinski definition) is 3. The van der Waals surface area contributed by atoms with E-state index in [1.807, 2.05) is 12.1 Å². The molecule has 2 rings (SSSR count). The van der Waals surface area contributed by atoms with Crippen LogP contribution in [0.3, 0.4) is 0 Å². The van der Waals surface area contributed by atoms with Crippen molar-refractivity contribution in [1.29, 1.82) is 0 Å². The van der Waals surface area contributed by atoms with Crippen LogP contribution in [0.1, 0.15) is 31.4 Å². The number of nitrogens with zero attached hydrogens (tertiary/aromatic N) is 1. The number of hydrogen-bond donors (Lipinski definition) is 1. The average molecular weight is 270 g/mol. The summed E-state index contributed by atoms with van der Waals surface area (Å²) in [5, 5.41) is 0. The molecular weight excluding hydrogens is 250 g/mol. The first-order valence-corrected chi connectivity index (χ1v) is 6.60. The molecule has 2 N–H and O–H groups in total. The standard InChI is InChI=1S/C14H20F2N2O/c1-10(18-8-2-3-12(17)9-18)11-4-6-13(7-5-11)19-14(15)16/h4-7,10,12,14H,2-3,8-9,17H2,1H3. The van der Waals surface area contributed by atoms with Crippen molar-refractivity contribution in [3.05, 3.63) is 29.8 Å². The molecule has 1 heterocycles. The van der Waals surface area contributed by atoms with Gasteiger partial charge in [-0.05, 0) is 44.0 Å². The Morgan fingerprint density at radius 1 is 1.32 bits per heavy atom. The van der Waals surface area contributed by atoms with Gasteiger partial charge in [-0.1, -0.05) is 12.1 Å². The van der Waals surface area contributed by atoms with Crippen molar-refractivity contribution in [3.63, 3.8) is 0 Å². The minimum absolute atomic E-state index is 0.196. The summed E-state index contributed by atoms with van der Waals surface area (Å²) in [6.45, 7) is 1.25. The maximum absolute atomic E-state index is 12.1. The predicted octanol–water partition coefficient (Wildman–Crippen LogP) is 2.77. The van der Waals surface area contributed by atoms with E-state index in [4.69, 9.17) is 5.73 Å². The molecule has 1 saturated heterocycles. The highest BCUT2D eigenvalue weighted by atomic mass is 19.3. The third-order valence-corrected chi connectivity index (χ3v) is 3.62. The zero-order valence-corrected chi connectivity index (χ0v) is 11.1. The number of halogens is 2. The molecule has 1 aromatic rings. The molecule has 19 heavy (non-hydrogen) atoms. The van der Waals surface area contributed by atoms with Crippen molar-refractivity contribution < 1.29 is 13.5 Å². The highest BCUT2D eigenvalue weighted by Crippen LogP contribution is 2.25. The van der Waals surface area contributed by atoms with E-state index in [2.05, 4.69) is 16.6 Å². The fourth-order valence-electron chi connectivity index (χ4n) is 2.53. The Bertz CT molecular complexity index is 397. The van der Waals surface area contributed by atoms with Crippen molar-refractivity contribution in [2.75, 3.05) is 13.1 Å². The van der Waals surface area contributed by atoms with Crippen LogP contribution in [-0.2, 0) is 0 Å². The second-order valence-corrected chi connectivity index (χ2v) is 5.02. The first-order chi connectivity index (χ1) is 9.06. The number of piperidine rings is 1. The molecule has 2 atom stereocenters. The molecule has 0 amide bonds. The lowest BCUT2D eigenvalue weighted by Gasteiger charge is -2.35. The topological polar surface area (TPSA) is 38.5 Å². The number of ether oxygens (including phenoxy) is 1. The summed E-state index contributed by atoms with van der Waals surface area (Å²) >= 11 is 0. The van der Waals surface area contributed by atoms with Gasteiger partial charge in [0.15, 0.2) is 0 Å². The molecule has 3 nitrogen and oxygen atoms in total. The molecule has 0 spiro atoms. The zero-order chi connectivity index (χ0) is 13.8. The van der Waals surface area contributed by atoms with Crippen molar-refractivity contribution in [3.8, 4) is 5.75 Å². The average Bonchev–Trinajstić information content (AvgIpc) is 2.38. The Kier molecular flexibility index (Phi) is 4.71. The maximum Gasteiger partial charge on any atom is 0.387 e. The Hall–Kier alpha value is -1.20. The summed E-state index contributed by atoms with van der Waals surface area (Å²) in [5.74, 6) is 0.196. The molecule has 1 aliphatic rings. The van der Waals surface area contributed by atoms with Crippen LogP contribution in [0.15, 0.2) is 24.3 Å². The highest BCUT2D eigenvalue weighted by molar-refractivity contribution is 5.29. The fourth-order valence-corrected chi connectivity index (χ4v) is 2.53. The van der Waals surface area contributed by atoms with E-state index >= 15 is 0 Å². The largest absolute Gasteiger partial charge is 0.435 e.